The first-order valence-electron chi connectivity index (χ1n) is 9.52. The van der Waals surface area contributed by atoms with E-state index in [1.807, 2.05) is 22.9 Å². The molecule has 1 aromatic heterocycles. The van der Waals surface area contributed by atoms with E-state index in [0.29, 0.717) is 6.04 Å². The predicted molar refractivity (Wildman–Crippen MR) is 104 cm³/mol. The molecule has 2 aliphatic rings. The summed E-state index contributed by atoms with van der Waals surface area (Å²) in [7, 11) is 0. The zero-order valence-electron chi connectivity index (χ0n) is 14.6. The van der Waals surface area contributed by atoms with Gasteiger partial charge in [0.15, 0.2) is 12.5 Å². The van der Waals surface area contributed by atoms with Crippen LogP contribution in [0.4, 0.5) is 0 Å². The van der Waals surface area contributed by atoms with Crippen LogP contribution in [-0.4, -0.2) is 27.4 Å². The van der Waals surface area contributed by atoms with E-state index in [4.69, 9.17) is 28.9 Å². The third-order valence-electron chi connectivity index (χ3n) is 5.61. The van der Waals surface area contributed by atoms with Crippen LogP contribution in [0.25, 0.3) is 11.4 Å². The first-order chi connectivity index (χ1) is 12.2. The highest BCUT2D eigenvalue weighted by molar-refractivity contribution is 7.71. The molecular weight excluding hydrogens is 352 g/mol. The van der Waals surface area contributed by atoms with Gasteiger partial charge in [-0.3, -0.25) is 4.57 Å². The van der Waals surface area contributed by atoms with Crippen molar-refractivity contribution in [3.63, 3.8) is 0 Å². The van der Waals surface area contributed by atoms with E-state index in [0.717, 1.165) is 27.9 Å². The number of benzene rings is 1. The van der Waals surface area contributed by atoms with E-state index >= 15 is 0 Å². The number of hydrogen-bond acceptors (Lipinski definition) is 2. The van der Waals surface area contributed by atoms with Crippen LogP contribution in [-0.2, 0) is 6.67 Å². The number of likely N-dealkylation sites (tertiary alicyclic amines) is 1. The molecule has 0 radical (unpaired) electrons. The van der Waals surface area contributed by atoms with Gasteiger partial charge in [0.2, 0.25) is 4.77 Å². The van der Waals surface area contributed by atoms with Gasteiger partial charge in [-0.1, -0.05) is 36.6 Å². The van der Waals surface area contributed by atoms with Gasteiger partial charge in [0.1, 0.15) is 0 Å². The fourth-order valence-electron chi connectivity index (χ4n) is 4.26. The van der Waals surface area contributed by atoms with Crippen molar-refractivity contribution in [2.75, 3.05) is 13.1 Å². The second kappa shape index (κ2) is 7.60. The number of hydrogen-bond donors (Lipinski definition) is 1. The Morgan fingerprint density at radius 1 is 1.08 bits per heavy atom. The molecule has 0 spiro atoms. The molecule has 4 nitrogen and oxygen atoms in total. The predicted octanol–water partition coefficient (Wildman–Crippen LogP) is 3.88. The Morgan fingerprint density at radius 3 is 2.52 bits per heavy atom. The van der Waals surface area contributed by atoms with Gasteiger partial charge >= 0.3 is 0 Å². The third kappa shape index (κ3) is 3.55. The molecule has 1 aliphatic carbocycles. The minimum absolute atomic E-state index is 0.462. The molecule has 1 aliphatic heterocycles. The van der Waals surface area contributed by atoms with E-state index in [2.05, 4.69) is 10.6 Å². The van der Waals surface area contributed by atoms with Crippen molar-refractivity contribution in [3.05, 3.63) is 34.1 Å². The molecule has 134 valence electrons. The van der Waals surface area contributed by atoms with Gasteiger partial charge in [-0.25, -0.2) is 0 Å². The average molecular weight is 378 g/mol. The Balaban J connectivity index is 1.74. The standard InChI is InChI=1S/C19H25ClN4S/c20-17-11-5-4-10-16(17)18-21-23(14-22-12-6-1-7-13-22)19(25)24(18)15-8-2-3-9-15/h4-5,10-11,15H,1-3,6-9,12-14H2/p+1. The summed E-state index contributed by atoms with van der Waals surface area (Å²) in [4.78, 5) is 1.59. The molecule has 25 heavy (non-hydrogen) atoms. The summed E-state index contributed by atoms with van der Waals surface area (Å²) in [6, 6.07) is 8.45. The molecule has 2 fully saturated rings. The van der Waals surface area contributed by atoms with Gasteiger partial charge in [0, 0.05) is 11.6 Å². The maximum absolute atomic E-state index is 6.49. The largest absolute Gasteiger partial charge is 0.316 e. The number of halogens is 1. The number of aromatic nitrogens is 3. The van der Waals surface area contributed by atoms with Gasteiger partial charge < -0.3 is 4.90 Å². The maximum Gasteiger partial charge on any atom is 0.203 e. The Kier molecular flexibility index (Phi) is 5.25. The van der Waals surface area contributed by atoms with Crippen LogP contribution in [0.5, 0.6) is 0 Å². The van der Waals surface area contributed by atoms with Gasteiger partial charge in [-0.15, -0.1) is 5.10 Å². The number of nitrogens with zero attached hydrogens (tertiary/aromatic N) is 3. The fraction of sp³-hybridized carbons (Fsp3) is 0.579. The Hall–Kier alpha value is -1.17. The summed E-state index contributed by atoms with van der Waals surface area (Å²) >= 11 is 12.4. The second-order valence-corrected chi connectivity index (χ2v) is 8.13. The Bertz CT molecular complexity index is 785. The monoisotopic (exact) mass is 377 g/mol. The number of piperidine rings is 1. The minimum Gasteiger partial charge on any atom is -0.316 e. The molecule has 6 heteroatoms. The fourth-order valence-corrected chi connectivity index (χ4v) is 4.82. The van der Waals surface area contributed by atoms with Crippen LogP contribution in [0, 0.1) is 4.77 Å². The van der Waals surface area contributed by atoms with E-state index < -0.39 is 0 Å². The van der Waals surface area contributed by atoms with E-state index in [1.54, 1.807) is 4.90 Å². The highest BCUT2D eigenvalue weighted by Crippen LogP contribution is 2.35. The maximum atomic E-state index is 6.49. The van der Waals surface area contributed by atoms with E-state index in [-0.39, 0.29) is 0 Å². The van der Waals surface area contributed by atoms with Crippen molar-refractivity contribution in [1.82, 2.24) is 14.3 Å². The second-order valence-electron chi connectivity index (χ2n) is 7.36. The van der Waals surface area contributed by atoms with Crippen molar-refractivity contribution in [2.45, 2.75) is 57.7 Å². The summed E-state index contributed by atoms with van der Waals surface area (Å²) in [6.07, 6.45) is 8.90. The van der Waals surface area contributed by atoms with Gasteiger partial charge in [-0.2, -0.15) is 4.68 Å². The summed E-state index contributed by atoms with van der Waals surface area (Å²) in [5, 5.41) is 5.70. The molecule has 1 N–H and O–H groups in total. The quantitative estimate of drug-likeness (QED) is 0.819. The molecular formula is C19H26ClN4S+. The highest BCUT2D eigenvalue weighted by atomic mass is 35.5. The van der Waals surface area contributed by atoms with Gasteiger partial charge in [0.25, 0.3) is 0 Å². The molecule has 1 aromatic carbocycles. The first kappa shape index (κ1) is 17.3. The van der Waals surface area contributed by atoms with Crippen LogP contribution in [0.2, 0.25) is 5.02 Å². The summed E-state index contributed by atoms with van der Waals surface area (Å²) in [6.45, 7) is 3.31. The van der Waals surface area contributed by atoms with Crippen molar-refractivity contribution in [3.8, 4) is 11.4 Å². The Labute approximate surface area is 159 Å². The summed E-state index contributed by atoms with van der Waals surface area (Å²) in [5.74, 6) is 0.943. The number of nitrogens with one attached hydrogen (secondary N) is 1. The van der Waals surface area contributed by atoms with E-state index in [9.17, 15) is 0 Å². The SMILES string of the molecule is S=c1n(C[NH+]2CCCCC2)nc(-c2ccccc2Cl)n1C1CCCC1. The van der Waals surface area contributed by atoms with Crippen molar-refractivity contribution in [2.24, 2.45) is 0 Å². The normalized spacial score (nSPS) is 19.6. The number of quaternary nitrogens is 1. The summed E-state index contributed by atoms with van der Waals surface area (Å²) < 4.78 is 5.19. The molecule has 2 aromatic rings. The van der Waals surface area contributed by atoms with Crippen molar-refractivity contribution >= 4 is 23.8 Å². The lowest BCUT2D eigenvalue weighted by atomic mass is 10.1. The van der Waals surface area contributed by atoms with Crippen LogP contribution in [0.15, 0.2) is 24.3 Å². The molecule has 0 unspecified atom stereocenters. The molecule has 0 atom stereocenters. The van der Waals surface area contributed by atoms with E-state index in [1.165, 1.54) is 58.0 Å². The molecule has 1 saturated heterocycles. The molecule has 2 heterocycles. The van der Waals surface area contributed by atoms with Crippen LogP contribution in [0.3, 0.4) is 0 Å². The zero-order chi connectivity index (χ0) is 17.2. The van der Waals surface area contributed by atoms with Crippen molar-refractivity contribution < 1.29 is 4.90 Å². The lowest BCUT2D eigenvalue weighted by Crippen LogP contribution is -3.12. The molecule has 0 amide bonds. The zero-order valence-corrected chi connectivity index (χ0v) is 16.2. The molecule has 1 saturated carbocycles. The molecule has 4 rings (SSSR count). The van der Waals surface area contributed by atoms with Gasteiger partial charge in [0.05, 0.1) is 18.1 Å². The van der Waals surface area contributed by atoms with Crippen LogP contribution >= 0.6 is 23.8 Å². The van der Waals surface area contributed by atoms with Crippen molar-refractivity contribution in [1.29, 1.82) is 0 Å². The number of rotatable bonds is 4. The lowest BCUT2D eigenvalue weighted by molar-refractivity contribution is -0.928. The Morgan fingerprint density at radius 2 is 1.80 bits per heavy atom. The molecule has 0 bridgehead atoms. The smallest absolute Gasteiger partial charge is 0.203 e. The summed E-state index contributed by atoms with van der Waals surface area (Å²) in [5.41, 5.74) is 0.995. The van der Waals surface area contributed by atoms with Crippen LogP contribution < -0.4 is 4.90 Å². The van der Waals surface area contributed by atoms with Crippen LogP contribution in [0.1, 0.15) is 51.0 Å². The van der Waals surface area contributed by atoms with Gasteiger partial charge in [-0.05, 0) is 56.5 Å². The minimum atomic E-state index is 0.462. The first-order valence-corrected chi connectivity index (χ1v) is 10.3. The topological polar surface area (TPSA) is 27.2 Å². The third-order valence-corrected chi connectivity index (χ3v) is 6.35. The highest BCUT2D eigenvalue weighted by Gasteiger charge is 2.26. The average Bonchev–Trinajstić information content (AvgIpc) is 3.25. The lowest BCUT2D eigenvalue weighted by Gasteiger charge is -2.23.